The van der Waals surface area contributed by atoms with Gasteiger partial charge in [0.05, 0.1) is 26.9 Å². The highest BCUT2D eigenvalue weighted by atomic mass is 16.7. The SMILES string of the molecule is COC(=O)[C@H](CC(C)C)NCC1=Cc2c(OC)ccc(OC)c2OC1OC(C)=O. The molecule has 1 N–H and O–H groups in total. The van der Waals surface area contributed by atoms with Crippen molar-refractivity contribution >= 4 is 18.0 Å². The highest BCUT2D eigenvalue weighted by Gasteiger charge is 2.31. The molecule has 1 heterocycles. The van der Waals surface area contributed by atoms with Crippen LogP contribution in [0.2, 0.25) is 0 Å². The van der Waals surface area contributed by atoms with Crippen LogP contribution in [0.25, 0.3) is 6.08 Å². The molecular formula is C21H29NO7. The Labute approximate surface area is 171 Å². The number of fused-ring (bicyclic) bond motifs is 1. The van der Waals surface area contributed by atoms with Gasteiger partial charge in [-0.05, 0) is 30.5 Å². The number of methoxy groups -OCH3 is 3. The minimum absolute atomic E-state index is 0.254. The summed E-state index contributed by atoms with van der Waals surface area (Å²) in [5.41, 5.74) is 1.31. The molecule has 0 bridgehead atoms. The fourth-order valence-electron chi connectivity index (χ4n) is 3.10. The van der Waals surface area contributed by atoms with Gasteiger partial charge >= 0.3 is 11.9 Å². The third-order valence-electron chi connectivity index (χ3n) is 4.44. The first-order valence-electron chi connectivity index (χ1n) is 9.41. The van der Waals surface area contributed by atoms with Crippen molar-refractivity contribution in [2.24, 2.45) is 5.92 Å². The molecule has 160 valence electrons. The Bertz CT molecular complexity index is 773. The Morgan fingerprint density at radius 3 is 2.34 bits per heavy atom. The molecule has 0 fully saturated rings. The van der Waals surface area contributed by atoms with Crippen LogP contribution < -0.4 is 19.5 Å². The molecule has 0 radical (unpaired) electrons. The van der Waals surface area contributed by atoms with Crippen molar-refractivity contribution in [3.8, 4) is 17.2 Å². The van der Waals surface area contributed by atoms with Gasteiger partial charge in [0.25, 0.3) is 6.29 Å². The van der Waals surface area contributed by atoms with Crippen LogP contribution >= 0.6 is 0 Å². The first kappa shape index (κ1) is 22.5. The van der Waals surface area contributed by atoms with E-state index in [1.807, 2.05) is 19.9 Å². The number of nitrogens with one attached hydrogen (secondary N) is 1. The van der Waals surface area contributed by atoms with Gasteiger partial charge in [-0.3, -0.25) is 9.59 Å². The molecule has 0 saturated carbocycles. The summed E-state index contributed by atoms with van der Waals surface area (Å²) in [5.74, 6) is 0.962. The van der Waals surface area contributed by atoms with Crippen molar-refractivity contribution in [1.82, 2.24) is 5.32 Å². The van der Waals surface area contributed by atoms with E-state index in [-0.39, 0.29) is 18.4 Å². The summed E-state index contributed by atoms with van der Waals surface area (Å²) in [6.07, 6.45) is 1.47. The van der Waals surface area contributed by atoms with E-state index in [1.54, 1.807) is 19.2 Å². The van der Waals surface area contributed by atoms with Crippen molar-refractivity contribution in [3.05, 3.63) is 23.3 Å². The maximum atomic E-state index is 12.1. The van der Waals surface area contributed by atoms with Crippen molar-refractivity contribution in [2.45, 2.75) is 39.5 Å². The first-order valence-corrected chi connectivity index (χ1v) is 9.41. The molecule has 0 aromatic heterocycles. The van der Waals surface area contributed by atoms with Crippen LogP contribution in [0, 0.1) is 5.92 Å². The maximum Gasteiger partial charge on any atom is 0.322 e. The van der Waals surface area contributed by atoms with E-state index in [1.165, 1.54) is 21.1 Å². The van der Waals surface area contributed by atoms with Gasteiger partial charge in [-0.2, -0.15) is 0 Å². The summed E-state index contributed by atoms with van der Waals surface area (Å²) < 4.78 is 27.0. The number of carbonyl (C=O) groups is 2. The zero-order valence-electron chi connectivity index (χ0n) is 17.7. The summed E-state index contributed by atoms with van der Waals surface area (Å²) in [7, 11) is 4.44. The van der Waals surface area contributed by atoms with E-state index < -0.39 is 18.3 Å². The lowest BCUT2D eigenvalue weighted by Crippen LogP contribution is -2.42. The van der Waals surface area contributed by atoms with E-state index in [9.17, 15) is 9.59 Å². The third kappa shape index (κ3) is 5.63. The summed E-state index contributed by atoms with van der Waals surface area (Å²) >= 11 is 0. The lowest BCUT2D eigenvalue weighted by molar-refractivity contribution is -0.156. The standard InChI is InChI=1S/C21H29NO7/c1-12(2)9-16(20(24)27-6)22-11-14-10-15-17(25-4)7-8-18(26-5)19(15)29-21(14)28-13(3)23/h7-8,10,12,16,21-22H,9,11H2,1-6H3/t16-,21?/m0/s1. The fourth-order valence-corrected chi connectivity index (χ4v) is 3.10. The van der Waals surface area contributed by atoms with Crippen molar-refractivity contribution in [3.63, 3.8) is 0 Å². The maximum absolute atomic E-state index is 12.1. The molecule has 8 nitrogen and oxygen atoms in total. The molecule has 1 unspecified atom stereocenters. The van der Waals surface area contributed by atoms with Gasteiger partial charge in [0.1, 0.15) is 11.8 Å². The summed E-state index contributed by atoms with van der Waals surface area (Å²) in [4.78, 5) is 23.7. The van der Waals surface area contributed by atoms with Crippen molar-refractivity contribution in [1.29, 1.82) is 0 Å². The number of carbonyl (C=O) groups excluding carboxylic acids is 2. The van der Waals surface area contributed by atoms with Gasteiger partial charge in [0.15, 0.2) is 11.5 Å². The van der Waals surface area contributed by atoms with Crippen LogP contribution in [0.5, 0.6) is 17.2 Å². The number of esters is 2. The Hall–Kier alpha value is -2.74. The number of hydrogen-bond acceptors (Lipinski definition) is 8. The zero-order chi connectivity index (χ0) is 21.6. The van der Waals surface area contributed by atoms with Crippen LogP contribution in [0.4, 0.5) is 0 Å². The summed E-state index contributed by atoms with van der Waals surface area (Å²) in [6, 6.07) is 2.99. The topological polar surface area (TPSA) is 92.3 Å². The molecule has 0 aliphatic carbocycles. The second kappa shape index (κ2) is 10.2. The molecule has 2 rings (SSSR count). The average molecular weight is 407 g/mol. The quantitative estimate of drug-likeness (QED) is 0.625. The van der Waals surface area contributed by atoms with Crippen LogP contribution in [-0.4, -0.2) is 52.1 Å². The van der Waals surface area contributed by atoms with Crippen LogP contribution in [0.3, 0.4) is 0 Å². The molecular weight excluding hydrogens is 378 g/mol. The van der Waals surface area contributed by atoms with E-state index >= 15 is 0 Å². The molecule has 2 atom stereocenters. The van der Waals surface area contributed by atoms with Gasteiger partial charge in [0.2, 0.25) is 0 Å². The number of ether oxygens (including phenoxy) is 5. The minimum Gasteiger partial charge on any atom is -0.496 e. The largest absolute Gasteiger partial charge is 0.496 e. The molecule has 8 heteroatoms. The van der Waals surface area contributed by atoms with Crippen LogP contribution in [0.15, 0.2) is 17.7 Å². The first-order chi connectivity index (χ1) is 13.8. The van der Waals surface area contributed by atoms with E-state index in [0.29, 0.717) is 34.8 Å². The minimum atomic E-state index is -0.953. The molecule has 0 amide bonds. The van der Waals surface area contributed by atoms with Crippen molar-refractivity contribution < 1.29 is 33.3 Å². The third-order valence-corrected chi connectivity index (χ3v) is 4.44. The number of benzene rings is 1. The second-order valence-corrected chi connectivity index (χ2v) is 7.08. The molecule has 1 aromatic rings. The molecule has 0 saturated heterocycles. The normalized spacial score (nSPS) is 16.2. The smallest absolute Gasteiger partial charge is 0.322 e. The molecule has 29 heavy (non-hydrogen) atoms. The van der Waals surface area contributed by atoms with Gasteiger partial charge in [-0.15, -0.1) is 0 Å². The Balaban J connectivity index is 2.36. The summed E-state index contributed by atoms with van der Waals surface area (Å²) in [6.45, 7) is 5.61. The monoisotopic (exact) mass is 407 g/mol. The van der Waals surface area contributed by atoms with Crippen LogP contribution in [-0.2, 0) is 19.1 Å². The Morgan fingerprint density at radius 1 is 1.14 bits per heavy atom. The second-order valence-electron chi connectivity index (χ2n) is 7.08. The van der Waals surface area contributed by atoms with E-state index in [4.69, 9.17) is 23.7 Å². The number of hydrogen-bond donors (Lipinski definition) is 1. The fraction of sp³-hybridized carbons (Fsp3) is 0.524. The van der Waals surface area contributed by atoms with Gasteiger partial charge in [-0.25, -0.2) is 0 Å². The Kier molecular flexibility index (Phi) is 7.90. The highest BCUT2D eigenvalue weighted by Crippen LogP contribution is 2.43. The predicted molar refractivity (Wildman–Crippen MR) is 107 cm³/mol. The van der Waals surface area contributed by atoms with Crippen molar-refractivity contribution in [2.75, 3.05) is 27.9 Å². The lowest BCUT2D eigenvalue weighted by Gasteiger charge is -2.29. The predicted octanol–water partition coefficient (Wildman–Crippen LogP) is 2.55. The molecule has 1 aliphatic rings. The van der Waals surface area contributed by atoms with Gasteiger partial charge in [0, 0.05) is 19.0 Å². The van der Waals surface area contributed by atoms with Gasteiger partial charge < -0.3 is 29.0 Å². The Morgan fingerprint density at radius 2 is 1.79 bits per heavy atom. The molecule has 0 spiro atoms. The molecule has 1 aromatic carbocycles. The highest BCUT2D eigenvalue weighted by molar-refractivity contribution is 5.76. The number of rotatable bonds is 9. The van der Waals surface area contributed by atoms with E-state index in [0.717, 1.165) is 0 Å². The average Bonchev–Trinajstić information content (AvgIpc) is 2.68. The zero-order valence-corrected chi connectivity index (χ0v) is 17.7. The molecule has 1 aliphatic heterocycles. The van der Waals surface area contributed by atoms with Gasteiger partial charge in [-0.1, -0.05) is 13.8 Å². The van der Waals surface area contributed by atoms with Crippen LogP contribution in [0.1, 0.15) is 32.8 Å². The summed E-state index contributed by atoms with van der Waals surface area (Å²) in [5, 5.41) is 3.19. The lowest BCUT2D eigenvalue weighted by atomic mass is 10.0. The van der Waals surface area contributed by atoms with E-state index in [2.05, 4.69) is 5.32 Å².